The highest BCUT2D eigenvalue weighted by Crippen LogP contribution is 2.17. The van der Waals surface area contributed by atoms with Gasteiger partial charge in [-0.3, -0.25) is 4.79 Å². The molecule has 1 aromatic carbocycles. The molecule has 0 saturated heterocycles. The van der Waals surface area contributed by atoms with Crippen LogP contribution < -0.4 is 11.1 Å². The van der Waals surface area contributed by atoms with Gasteiger partial charge < -0.3 is 21.1 Å². The normalized spacial score (nSPS) is 9.83. The molecule has 0 aliphatic carbocycles. The first-order valence-electron chi connectivity index (χ1n) is 5.66. The fraction of sp³-hybridized carbons (Fsp3) is 0.333. The molecule has 0 aliphatic heterocycles. The number of benzene rings is 1. The van der Waals surface area contributed by atoms with Gasteiger partial charge in [0.2, 0.25) is 0 Å². The molecule has 0 unspecified atom stereocenters. The lowest BCUT2D eigenvalue weighted by Gasteiger charge is -2.21. The van der Waals surface area contributed by atoms with Crippen LogP contribution in [0.2, 0.25) is 0 Å². The van der Waals surface area contributed by atoms with E-state index in [2.05, 4.69) is 5.32 Å². The summed E-state index contributed by atoms with van der Waals surface area (Å²) in [6.45, 7) is 2.39. The van der Waals surface area contributed by atoms with Crippen molar-refractivity contribution in [2.45, 2.75) is 13.3 Å². The van der Waals surface area contributed by atoms with Gasteiger partial charge in [0, 0.05) is 13.1 Å². The number of nitrogens with two attached hydrogens (primary N) is 1. The highest BCUT2D eigenvalue weighted by atomic mass is 16.4. The third-order valence-corrected chi connectivity index (χ3v) is 2.47. The molecule has 0 heterocycles. The Balaban J connectivity index is 2.62. The van der Waals surface area contributed by atoms with Gasteiger partial charge in [0.15, 0.2) is 0 Å². The third kappa shape index (κ3) is 3.97. The predicted molar refractivity (Wildman–Crippen MR) is 69.4 cm³/mol. The monoisotopic (exact) mass is 251 g/mol. The number of carboxylic acid groups (broad SMARTS) is 1. The predicted octanol–water partition coefficient (Wildman–Crippen LogP) is 1.60. The molecule has 18 heavy (non-hydrogen) atoms. The topological polar surface area (TPSA) is 95.7 Å². The SMILES string of the molecule is CCN(CCC(=O)O)C(=O)Nc1ccccc1N. The van der Waals surface area contributed by atoms with Gasteiger partial charge in [-0.05, 0) is 19.1 Å². The van der Waals surface area contributed by atoms with Gasteiger partial charge >= 0.3 is 12.0 Å². The van der Waals surface area contributed by atoms with Crippen molar-refractivity contribution >= 4 is 23.4 Å². The van der Waals surface area contributed by atoms with Crippen LogP contribution in [0.15, 0.2) is 24.3 Å². The summed E-state index contributed by atoms with van der Waals surface area (Å²) < 4.78 is 0. The van der Waals surface area contributed by atoms with E-state index in [0.717, 1.165) is 0 Å². The van der Waals surface area contributed by atoms with Crippen LogP contribution in [0.25, 0.3) is 0 Å². The number of nitrogen functional groups attached to an aromatic ring is 1. The number of carboxylic acids is 1. The molecule has 0 bridgehead atoms. The smallest absolute Gasteiger partial charge is 0.321 e. The Morgan fingerprint density at radius 3 is 2.61 bits per heavy atom. The molecule has 4 N–H and O–H groups in total. The first kappa shape index (κ1) is 13.8. The minimum Gasteiger partial charge on any atom is -0.481 e. The number of amides is 2. The lowest BCUT2D eigenvalue weighted by atomic mass is 10.3. The highest BCUT2D eigenvalue weighted by molar-refractivity contribution is 5.92. The van der Waals surface area contributed by atoms with E-state index in [4.69, 9.17) is 10.8 Å². The Hall–Kier alpha value is -2.24. The second-order valence-electron chi connectivity index (χ2n) is 3.74. The Bertz CT molecular complexity index is 434. The summed E-state index contributed by atoms with van der Waals surface area (Å²) in [6.07, 6.45) is -0.0778. The molecule has 0 fully saturated rings. The van der Waals surface area contributed by atoms with Crippen molar-refractivity contribution in [3.05, 3.63) is 24.3 Å². The van der Waals surface area contributed by atoms with Crippen molar-refractivity contribution in [1.29, 1.82) is 0 Å². The van der Waals surface area contributed by atoms with Crippen molar-refractivity contribution in [2.75, 3.05) is 24.1 Å². The number of aliphatic carboxylic acids is 1. The molecular weight excluding hydrogens is 234 g/mol. The summed E-state index contributed by atoms with van der Waals surface area (Å²) in [5.74, 6) is -0.930. The van der Waals surface area contributed by atoms with Crippen molar-refractivity contribution in [1.82, 2.24) is 4.90 Å². The molecule has 1 aromatic rings. The number of carbonyl (C=O) groups excluding carboxylic acids is 1. The summed E-state index contributed by atoms with van der Waals surface area (Å²) >= 11 is 0. The summed E-state index contributed by atoms with van der Waals surface area (Å²) in [6, 6.07) is 6.56. The van der Waals surface area contributed by atoms with Crippen LogP contribution in [0.5, 0.6) is 0 Å². The maximum atomic E-state index is 11.9. The standard InChI is InChI=1S/C12H17N3O3/c1-2-15(8-7-11(16)17)12(18)14-10-6-4-3-5-9(10)13/h3-6H,2,7-8,13H2,1H3,(H,14,18)(H,16,17). The first-order chi connectivity index (χ1) is 8.54. The van der Waals surface area contributed by atoms with Crippen molar-refractivity contribution in [3.63, 3.8) is 0 Å². The number of carbonyl (C=O) groups is 2. The van der Waals surface area contributed by atoms with Crippen LogP contribution in [0.3, 0.4) is 0 Å². The van der Waals surface area contributed by atoms with Crippen LogP contribution >= 0.6 is 0 Å². The van der Waals surface area contributed by atoms with Crippen molar-refractivity contribution in [2.24, 2.45) is 0 Å². The van der Waals surface area contributed by atoms with Gasteiger partial charge in [0.1, 0.15) is 0 Å². The minimum atomic E-state index is -0.930. The largest absolute Gasteiger partial charge is 0.481 e. The number of para-hydroxylation sites is 2. The van der Waals surface area contributed by atoms with Crippen LogP contribution in [0, 0.1) is 0 Å². The molecule has 98 valence electrons. The lowest BCUT2D eigenvalue weighted by Crippen LogP contribution is -2.36. The second-order valence-corrected chi connectivity index (χ2v) is 3.74. The van der Waals surface area contributed by atoms with Crippen molar-refractivity contribution < 1.29 is 14.7 Å². The van der Waals surface area contributed by atoms with Gasteiger partial charge in [-0.1, -0.05) is 12.1 Å². The second kappa shape index (κ2) is 6.48. The Morgan fingerprint density at radius 2 is 2.06 bits per heavy atom. The highest BCUT2D eigenvalue weighted by Gasteiger charge is 2.13. The molecule has 6 nitrogen and oxygen atoms in total. The van der Waals surface area contributed by atoms with Crippen molar-refractivity contribution in [3.8, 4) is 0 Å². The molecule has 0 spiro atoms. The van der Waals surface area contributed by atoms with E-state index < -0.39 is 5.97 Å². The number of hydrogen-bond donors (Lipinski definition) is 3. The molecule has 1 rings (SSSR count). The van der Waals surface area contributed by atoms with E-state index >= 15 is 0 Å². The number of nitrogens with zero attached hydrogens (tertiary/aromatic N) is 1. The minimum absolute atomic E-state index is 0.0778. The maximum absolute atomic E-state index is 11.9. The number of nitrogens with one attached hydrogen (secondary N) is 1. The van der Waals surface area contributed by atoms with Gasteiger partial charge in [0.25, 0.3) is 0 Å². The van der Waals surface area contributed by atoms with Crippen LogP contribution in [0.4, 0.5) is 16.2 Å². The van der Waals surface area contributed by atoms with E-state index in [1.807, 2.05) is 0 Å². The zero-order valence-electron chi connectivity index (χ0n) is 10.2. The zero-order chi connectivity index (χ0) is 13.5. The number of anilines is 2. The van der Waals surface area contributed by atoms with Crippen LogP contribution in [-0.2, 0) is 4.79 Å². The molecule has 0 aromatic heterocycles. The van der Waals surface area contributed by atoms with Crippen LogP contribution in [0.1, 0.15) is 13.3 Å². The fourth-order valence-electron chi connectivity index (χ4n) is 1.44. The Kier molecular flexibility index (Phi) is 4.98. The average molecular weight is 251 g/mol. The molecule has 0 aliphatic rings. The van der Waals surface area contributed by atoms with Gasteiger partial charge in [-0.25, -0.2) is 4.79 Å². The lowest BCUT2D eigenvalue weighted by molar-refractivity contribution is -0.137. The molecule has 2 amide bonds. The zero-order valence-corrected chi connectivity index (χ0v) is 10.2. The van der Waals surface area contributed by atoms with Gasteiger partial charge in [-0.15, -0.1) is 0 Å². The van der Waals surface area contributed by atoms with E-state index in [-0.39, 0.29) is 19.0 Å². The van der Waals surface area contributed by atoms with Gasteiger partial charge in [-0.2, -0.15) is 0 Å². The Morgan fingerprint density at radius 1 is 1.39 bits per heavy atom. The molecule has 6 heteroatoms. The van der Waals surface area contributed by atoms with E-state index in [9.17, 15) is 9.59 Å². The quantitative estimate of drug-likeness (QED) is 0.692. The summed E-state index contributed by atoms with van der Waals surface area (Å²) in [5.41, 5.74) is 6.70. The Labute approximate surface area is 105 Å². The summed E-state index contributed by atoms with van der Waals surface area (Å²) in [5, 5.41) is 11.2. The number of rotatable bonds is 5. The molecule has 0 saturated carbocycles. The third-order valence-electron chi connectivity index (χ3n) is 2.47. The first-order valence-corrected chi connectivity index (χ1v) is 5.66. The van der Waals surface area contributed by atoms with Gasteiger partial charge in [0.05, 0.1) is 17.8 Å². The molecule has 0 atom stereocenters. The fourth-order valence-corrected chi connectivity index (χ4v) is 1.44. The molecule has 0 radical (unpaired) electrons. The summed E-state index contributed by atoms with van der Waals surface area (Å²) in [7, 11) is 0. The van der Waals surface area contributed by atoms with Crippen LogP contribution in [-0.4, -0.2) is 35.1 Å². The van der Waals surface area contributed by atoms with E-state index in [1.165, 1.54) is 4.90 Å². The van der Waals surface area contributed by atoms with E-state index in [1.54, 1.807) is 31.2 Å². The number of hydrogen-bond acceptors (Lipinski definition) is 3. The molecular formula is C12H17N3O3. The average Bonchev–Trinajstić information content (AvgIpc) is 2.32. The maximum Gasteiger partial charge on any atom is 0.321 e. The summed E-state index contributed by atoms with van der Waals surface area (Å²) in [4.78, 5) is 23.8. The van der Waals surface area contributed by atoms with E-state index in [0.29, 0.717) is 17.9 Å². The number of urea groups is 1.